The van der Waals surface area contributed by atoms with E-state index >= 15 is 0 Å². The molecule has 1 amide bonds. The molecule has 2 aromatic carbocycles. The fourth-order valence-corrected chi connectivity index (χ4v) is 3.31. The quantitative estimate of drug-likeness (QED) is 0.709. The van der Waals surface area contributed by atoms with Crippen molar-refractivity contribution in [1.82, 2.24) is 5.32 Å². The van der Waals surface area contributed by atoms with Crippen molar-refractivity contribution >= 4 is 11.6 Å². The highest BCUT2D eigenvalue weighted by molar-refractivity contribution is 5.96. The molecule has 0 unspecified atom stereocenters. The highest BCUT2D eigenvalue weighted by atomic mass is 16.5. The van der Waals surface area contributed by atoms with E-state index in [1.54, 1.807) is 14.2 Å². The molecule has 2 atom stereocenters. The first-order valence-corrected chi connectivity index (χ1v) is 9.37. The van der Waals surface area contributed by atoms with E-state index in [2.05, 4.69) is 10.6 Å². The van der Waals surface area contributed by atoms with Gasteiger partial charge in [0, 0.05) is 13.2 Å². The highest BCUT2D eigenvalue weighted by Crippen LogP contribution is 2.34. The Bertz CT molecular complexity index is 759. The number of ether oxygens (including phenoxy) is 2. The Labute approximate surface area is 161 Å². The zero-order valence-corrected chi connectivity index (χ0v) is 16.2. The summed E-state index contributed by atoms with van der Waals surface area (Å²) in [7, 11) is 3.31. The molecular formula is C22H28N2O3. The second-order valence-corrected chi connectivity index (χ2v) is 7.10. The number of hydrogen-bond acceptors (Lipinski definition) is 4. The molecule has 0 radical (unpaired) electrons. The Balaban J connectivity index is 1.83. The zero-order chi connectivity index (χ0) is 19.2. The molecule has 0 aromatic heterocycles. The number of aryl methyl sites for hydroxylation is 1. The molecule has 5 nitrogen and oxygen atoms in total. The van der Waals surface area contributed by atoms with Gasteiger partial charge in [-0.1, -0.05) is 36.4 Å². The summed E-state index contributed by atoms with van der Waals surface area (Å²) in [4.78, 5) is 13.2. The van der Waals surface area contributed by atoms with Crippen molar-refractivity contribution in [2.45, 2.75) is 31.8 Å². The third-order valence-corrected chi connectivity index (χ3v) is 4.93. The fraction of sp³-hybridized carbons (Fsp3) is 0.409. The van der Waals surface area contributed by atoms with Gasteiger partial charge in [-0.25, -0.2) is 0 Å². The minimum absolute atomic E-state index is 0.105. The van der Waals surface area contributed by atoms with Gasteiger partial charge >= 0.3 is 0 Å². The first kappa shape index (κ1) is 19.4. The van der Waals surface area contributed by atoms with Crippen LogP contribution in [0, 0.1) is 12.8 Å². The molecule has 27 heavy (non-hydrogen) atoms. The summed E-state index contributed by atoms with van der Waals surface area (Å²) in [6.07, 6.45) is 2.35. The van der Waals surface area contributed by atoms with Crippen LogP contribution in [0.25, 0.3) is 0 Å². The van der Waals surface area contributed by atoms with Gasteiger partial charge in [-0.2, -0.15) is 0 Å². The third kappa shape index (κ3) is 5.08. The number of anilines is 1. The number of nitrogens with one attached hydrogen (secondary N) is 2. The summed E-state index contributed by atoms with van der Waals surface area (Å²) in [5, 5.41) is 6.57. The SMILES string of the molecule is COC[C@@H](N[C@@H](C(=O)Nc1cc(C)ccc1OC)c1ccccc1)C1CC1. The standard InChI is InChI=1S/C22H28N2O3/c1-15-9-12-20(27-3)18(13-15)24-22(25)21(17-7-5-4-6-8-17)23-19(14-26-2)16-10-11-16/h4-9,12-13,16,19,21,23H,10-11,14H2,1-3H3,(H,24,25)/t19-,21-/m1/s1. The van der Waals surface area contributed by atoms with E-state index in [1.165, 1.54) is 12.8 Å². The minimum atomic E-state index is -0.461. The molecule has 1 saturated carbocycles. The highest BCUT2D eigenvalue weighted by Gasteiger charge is 2.34. The number of rotatable bonds is 9. The van der Waals surface area contributed by atoms with Gasteiger partial charge in [0.05, 0.1) is 19.4 Å². The summed E-state index contributed by atoms with van der Waals surface area (Å²) >= 11 is 0. The maximum Gasteiger partial charge on any atom is 0.246 e. The van der Waals surface area contributed by atoms with E-state index in [-0.39, 0.29) is 11.9 Å². The number of hydrogen-bond donors (Lipinski definition) is 2. The van der Waals surface area contributed by atoms with Gasteiger partial charge in [0.2, 0.25) is 5.91 Å². The Hall–Kier alpha value is -2.37. The fourth-order valence-electron chi connectivity index (χ4n) is 3.31. The van der Waals surface area contributed by atoms with Crippen LogP contribution in [0.1, 0.15) is 30.0 Å². The van der Waals surface area contributed by atoms with Crippen LogP contribution in [0.4, 0.5) is 5.69 Å². The summed E-state index contributed by atoms with van der Waals surface area (Å²) in [6.45, 7) is 2.58. The van der Waals surface area contributed by atoms with Gasteiger partial charge in [-0.05, 0) is 48.9 Å². The largest absolute Gasteiger partial charge is 0.495 e. The van der Waals surface area contributed by atoms with E-state index in [0.717, 1.165) is 11.1 Å². The number of carbonyl (C=O) groups is 1. The van der Waals surface area contributed by atoms with Gasteiger partial charge in [-0.15, -0.1) is 0 Å². The molecule has 1 aliphatic carbocycles. The summed E-state index contributed by atoms with van der Waals surface area (Å²) in [6, 6.07) is 15.3. The minimum Gasteiger partial charge on any atom is -0.495 e. The van der Waals surface area contributed by atoms with Crippen LogP contribution in [0.2, 0.25) is 0 Å². The lowest BCUT2D eigenvalue weighted by atomic mass is 10.0. The molecule has 144 valence electrons. The van der Waals surface area contributed by atoms with Crippen LogP contribution in [0.15, 0.2) is 48.5 Å². The van der Waals surface area contributed by atoms with Gasteiger partial charge in [0.25, 0.3) is 0 Å². The number of benzene rings is 2. The molecule has 0 saturated heterocycles. The Morgan fingerprint density at radius 3 is 2.52 bits per heavy atom. The van der Waals surface area contributed by atoms with Crippen molar-refractivity contribution in [2.75, 3.05) is 26.1 Å². The molecule has 1 fully saturated rings. The van der Waals surface area contributed by atoms with Crippen molar-refractivity contribution in [3.8, 4) is 5.75 Å². The van der Waals surface area contributed by atoms with Crippen molar-refractivity contribution < 1.29 is 14.3 Å². The zero-order valence-electron chi connectivity index (χ0n) is 16.2. The number of carbonyl (C=O) groups excluding carboxylic acids is 1. The van der Waals surface area contributed by atoms with E-state index in [1.807, 2.05) is 55.5 Å². The van der Waals surface area contributed by atoms with Crippen LogP contribution >= 0.6 is 0 Å². The molecule has 0 bridgehead atoms. The maximum absolute atomic E-state index is 13.2. The van der Waals surface area contributed by atoms with Crippen LogP contribution in [-0.2, 0) is 9.53 Å². The first-order chi connectivity index (χ1) is 13.1. The number of amides is 1. The summed E-state index contributed by atoms with van der Waals surface area (Å²) < 4.78 is 10.8. The number of methoxy groups -OCH3 is 2. The smallest absolute Gasteiger partial charge is 0.246 e. The van der Waals surface area contributed by atoms with Crippen molar-refractivity contribution in [3.63, 3.8) is 0 Å². The monoisotopic (exact) mass is 368 g/mol. The normalized spacial score (nSPS) is 15.8. The molecule has 0 heterocycles. The third-order valence-electron chi connectivity index (χ3n) is 4.93. The second kappa shape index (κ2) is 9.02. The summed E-state index contributed by atoms with van der Waals surface area (Å²) in [5.41, 5.74) is 2.67. The predicted molar refractivity (Wildman–Crippen MR) is 107 cm³/mol. The van der Waals surface area contributed by atoms with Crippen molar-refractivity contribution in [2.24, 2.45) is 5.92 Å². The molecule has 2 aromatic rings. The molecule has 0 spiro atoms. The van der Waals surface area contributed by atoms with E-state index in [9.17, 15) is 4.79 Å². The van der Waals surface area contributed by atoms with Gasteiger partial charge in [0.15, 0.2) is 0 Å². The average molecular weight is 368 g/mol. The van der Waals surface area contributed by atoms with E-state index in [0.29, 0.717) is 24.0 Å². The van der Waals surface area contributed by atoms with Crippen LogP contribution in [0.3, 0.4) is 0 Å². The maximum atomic E-state index is 13.2. The van der Waals surface area contributed by atoms with E-state index in [4.69, 9.17) is 9.47 Å². The van der Waals surface area contributed by atoms with Gasteiger partial charge < -0.3 is 14.8 Å². The lowest BCUT2D eigenvalue weighted by molar-refractivity contribution is -0.118. The molecule has 0 aliphatic heterocycles. The second-order valence-electron chi connectivity index (χ2n) is 7.10. The molecular weight excluding hydrogens is 340 g/mol. The topological polar surface area (TPSA) is 59.6 Å². The summed E-state index contributed by atoms with van der Waals surface area (Å²) in [5.74, 6) is 1.11. The molecule has 5 heteroatoms. The Kier molecular flexibility index (Phi) is 6.48. The molecule has 1 aliphatic rings. The van der Waals surface area contributed by atoms with Gasteiger partial charge in [0.1, 0.15) is 11.8 Å². The molecule has 2 N–H and O–H groups in total. The average Bonchev–Trinajstić information content (AvgIpc) is 3.51. The van der Waals surface area contributed by atoms with E-state index < -0.39 is 6.04 Å². The van der Waals surface area contributed by atoms with Crippen molar-refractivity contribution in [1.29, 1.82) is 0 Å². The Morgan fingerprint density at radius 1 is 1.15 bits per heavy atom. The molecule has 3 rings (SSSR count). The van der Waals surface area contributed by atoms with Crippen molar-refractivity contribution in [3.05, 3.63) is 59.7 Å². The van der Waals surface area contributed by atoms with Gasteiger partial charge in [-0.3, -0.25) is 10.1 Å². The lowest BCUT2D eigenvalue weighted by Gasteiger charge is -2.25. The lowest BCUT2D eigenvalue weighted by Crippen LogP contribution is -2.43. The predicted octanol–water partition coefficient (Wildman–Crippen LogP) is 3.70. The van der Waals surface area contributed by atoms with Crippen LogP contribution < -0.4 is 15.4 Å². The van der Waals surface area contributed by atoms with Crippen LogP contribution in [0.5, 0.6) is 5.75 Å². The first-order valence-electron chi connectivity index (χ1n) is 9.37. The van der Waals surface area contributed by atoms with Crippen LogP contribution in [-0.4, -0.2) is 32.8 Å². The Morgan fingerprint density at radius 2 is 1.89 bits per heavy atom.